The summed E-state index contributed by atoms with van der Waals surface area (Å²) in [5.74, 6) is 0. The van der Waals surface area contributed by atoms with Gasteiger partial charge in [-0.2, -0.15) is 0 Å². The Morgan fingerprint density at radius 1 is 1.89 bits per heavy atom. The number of hydrogen-bond acceptors (Lipinski definition) is 3. The molecule has 0 aliphatic rings. The first kappa shape index (κ1) is 6.57. The molecule has 50 valence electrons. The van der Waals surface area contributed by atoms with E-state index >= 15 is 0 Å². The predicted octanol–water partition coefficient (Wildman–Crippen LogP) is 0.342. The Morgan fingerprint density at radius 2 is 2.56 bits per heavy atom. The van der Waals surface area contributed by atoms with Crippen LogP contribution in [0.3, 0.4) is 0 Å². The molecule has 9 heavy (non-hydrogen) atoms. The fourth-order valence-electron chi connectivity index (χ4n) is 0.494. The summed E-state index contributed by atoms with van der Waals surface area (Å²) in [6.07, 6.45) is 1.50. The first-order chi connectivity index (χ1) is 4.25. The van der Waals surface area contributed by atoms with Crippen molar-refractivity contribution in [1.29, 1.82) is 0 Å². The van der Waals surface area contributed by atoms with E-state index in [1.165, 1.54) is 6.20 Å². The molecule has 0 amide bonds. The van der Waals surface area contributed by atoms with E-state index in [1.54, 1.807) is 0 Å². The molecular formula is C4H6BrN3O. The van der Waals surface area contributed by atoms with Crippen molar-refractivity contribution in [2.45, 2.75) is 6.54 Å². The summed E-state index contributed by atoms with van der Waals surface area (Å²) in [5, 5.41) is 12.3. The van der Waals surface area contributed by atoms with E-state index in [-0.39, 0.29) is 0 Å². The minimum Gasteiger partial charge on any atom is -0.411 e. The van der Waals surface area contributed by atoms with Crippen LogP contribution in [0.4, 0.5) is 0 Å². The number of halogens is 1. The second-order valence-corrected chi connectivity index (χ2v) is 2.31. The van der Waals surface area contributed by atoms with Crippen molar-refractivity contribution < 1.29 is 5.21 Å². The Labute approximate surface area is 60.4 Å². The van der Waals surface area contributed by atoms with E-state index in [1.807, 2.05) is 0 Å². The van der Waals surface area contributed by atoms with Gasteiger partial charge in [-0.1, -0.05) is 4.85 Å². The van der Waals surface area contributed by atoms with Crippen LogP contribution in [0.2, 0.25) is 0 Å². The average molecular weight is 192 g/mol. The van der Waals surface area contributed by atoms with E-state index in [0.717, 1.165) is 10.4 Å². The second-order valence-electron chi connectivity index (χ2n) is 1.55. The Bertz CT molecular complexity index is 210. The van der Waals surface area contributed by atoms with Crippen molar-refractivity contribution in [3.8, 4) is 0 Å². The summed E-state index contributed by atoms with van der Waals surface area (Å²) >= 11 is 3.08. The number of aromatic nitrogens is 2. The van der Waals surface area contributed by atoms with Crippen molar-refractivity contribution in [3.63, 3.8) is 0 Å². The molecule has 0 radical (unpaired) electrons. The Kier molecular flexibility index (Phi) is 1.73. The third-order valence-corrected chi connectivity index (χ3v) is 1.81. The van der Waals surface area contributed by atoms with Gasteiger partial charge in [0.25, 0.3) is 0 Å². The van der Waals surface area contributed by atoms with Crippen molar-refractivity contribution in [3.05, 3.63) is 16.4 Å². The van der Waals surface area contributed by atoms with Crippen molar-refractivity contribution >= 4 is 15.9 Å². The van der Waals surface area contributed by atoms with Crippen LogP contribution in [0.5, 0.6) is 0 Å². The highest BCUT2D eigenvalue weighted by molar-refractivity contribution is 9.10. The van der Waals surface area contributed by atoms with Gasteiger partial charge < -0.3 is 10.9 Å². The molecule has 1 rings (SSSR count). The van der Waals surface area contributed by atoms with Crippen LogP contribution in [0.25, 0.3) is 0 Å². The van der Waals surface area contributed by atoms with Crippen LogP contribution < -0.4 is 5.73 Å². The molecule has 0 bridgehead atoms. The third-order valence-electron chi connectivity index (χ3n) is 0.983. The Balaban J connectivity index is 3.04. The van der Waals surface area contributed by atoms with E-state index < -0.39 is 0 Å². The molecule has 0 saturated carbocycles. The van der Waals surface area contributed by atoms with E-state index in [0.29, 0.717) is 11.1 Å². The van der Waals surface area contributed by atoms with Crippen LogP contribution in [0.1, 0.15) is 5.56 Å². The van der Waals surface area contributed by atoms with Crippen LogP contribution in [-0.2, 0) is 6.54 Å². The first-order valence-corrected chi connectivity index (χ1v) is 3.16. The summed E-state index contributed by atoms with van der Waals surface area (Å²) in [5.41, 5.74) is 6.06. The SMILES string of the molecule is NCc1cnn(O)c1Br. The van der Waals surface area contributed by atoms with E-state index in [4.69, 9.17) is 10.9 Å². The number of nitrogens with zero attached hydrogens (tertiary/aromatic N) is 2. The molecule has 1 heterocycles. The minimum absolute atomic E-state index is 0.376. The van der Waals surface area contributed by atoms with Crippen molar-refractivity contribution in [2.75, 3.05) is 0 Å². The molecule has 3 N–H and O–H groups in total. The molecule has 1 aromatic heterocycles. The van der Waals surface area contributed by atoms with Gasteiger partial charge in [0.2, 0.25) is 0 Å². The molecule has 0 saturated heterocycles. The highest BCUT2D eigenvalue weighted by Crippen LogP contribution is 2.12. The fraction of sp³-hybridized carbons (Fsp3) is 0.250. The van der Waals surface area contributed by atoms with E-state index in [2.05, 4.69) is 21.0 Å². The van der Waals surface area contributed by atoms with Gasteiger partial charge in [-0.25, -0.2) is 0 Å². The van der Waals surface area contributed by atoms with Gasteiger partial charge in [-0.05, 0) is 15.9 Å². The predicted molar refractivity (Wildman–Crippen MR) is 35.0 cm³/mol. The topological polar surface area (TPSA) is 64.1 Å². The third kappa shape index (κ3) is 1.06. The summed E-state index contributed by atoms with van der Waals surface area (Å²) < 4.78 is 0.519. The molecule has 0 fully saturated rings. The molecule has 0 unspecified atom stereocenters. The normalized spacial score (nSPS) is 10.0. The van der Waals surface area contributed by atoms with Gasteiger partial charge >= 0.3 is 0 Å². The van der Waals surface area contributed by atoms with Crippen LogP contribution in [0, 0.1) is 0 Å². The minimum atomic E-state index is 0.376. The number of nitrogens with two attached hydrogens (primary N) is 1. The first-order valence-electron chi connectivity index (χ1n) is 2.37. The zero-order valence-electron chi connectivity index (χ0n) is 4.58. The molecule has 0 aliphatic heterocycles. The maximum Gasteiger partial charge on any atom is 0.149 e. The van der Waals surface area contributed by atoms with Gasteiger partial charge in [0.15, 0.2) is 0 Å². The smallest absolute Gasteiger partial charge is 0.149 e. The zero-order valence-corrected chi connectivity index (χ0v) is 6.17. The van der Waals surface area contributed by atoms with Gasteiger partial charge in [-0.3, -0.25) is 0 Å². The second kappa shape index (κ2) is 2.36. The van der Waals surface area contributed by atoms with E-state index in [9.17, 15) is 0 Å². The van der Waals surface area contributed by atoms with Crippen LogP contribution in [0.15, 0.2) is 10.8 Å². The molecule has 0 aliphatic carbocycles. The number of hydrogen-bond donors (Lipinski definition) is 2. The highest BCUT2D eigenvalue weighted by atomic mass is 79.9. The Morgan fingerprint density at radius 3 is 2.78 bits per heavy atom. The molecular weight excluding hydrogens is 186 g/mol. The molecule has 5 heteroatoms. The average Bonchev–Trinajstić information content (AvgIpc) is 2.15. The summed E-state index contributed by atoms with van der Waals surface area (Å²) in [6, 6.07) is 0. The largest absolute Gasteiger partial charge is 0.411 e. The highest BCUT2D eigenvalue weighted by Gasteiger charge is 2.02. The lowest BCUT2D eigenvalue weighted by Crippen LogP contribution is -1.96. The molecule has 0 atom stereocenters. The summed E-state index contributed by atoms with van der Waals surface area (Å²) in [6.45, 7) is 0.376. The summed E-state index contributed by atoms with van der Waals surface area (Å²) in [7, 11) is 0. The fourth-order valence-corrected chi connectivity index (χ4v) is 0.850. The van der Waals surface area contributed by atoms with Crippen molar-refractivity contribution in [2.24, 2.45) is 5.73 Å². The van der Waals surface area contributed by atoms with Crippen LogP contribution >= 0.6 is 15.9 Å². The molecule has 0 aromatic carbocycles. The lowest BCUT2D eigenvalue weighted by atomic mass is 10.4. The lowest BCUT2D eigenvalue weighted by Gasteiger charge is -1.90. The van der Waals surface area contributed by atoms with Crippen molar-refractivity contribution in [1.82, 2.24) is 9.94 Å². The zero-order chi connectivity index (χ0) is 6.85. The molecule has 4 nitrogen and oxygen atoms in total. The van der Waals surface area contributed by atoms with Crippen LogP contribution in [-0.4, -0.2) is 15.2 Å². The monoisotopic (exact) mass is 191 g/mol. The van der Waals surface area contributed by atoms with Gasteiger partial charge in [-0.15, -0.1) is 5.10 Å². The molecule has 0 spiro atoms. The lowest BCUT2D eigenvalue weighted by molar-refractivity contribution is 0.142. The Hall–Kier alpha value is -0.550. The maximum absolute atomic E-state index is 8.77. The summed E-state index contributed by atoms with van der Waals surface area (Å²) in [4.78, 5) is 0.738. The number of rotatable bonds is 1. The van der Waals surface area contributed by atoms with Gasteiger partial charge in [0.05, 0.1) is 6.20 Å². The van der Waals surface area contributed by atoms with Gasteiger partial charge in [0, 0.05) is 12.1 Å². The van der Waals surface area contributed by atoms with Gasteiger partial charge in [0.1, 0.15) is 4.60 Å². The quantitative estimate of drug-likeness (QED) is 0.630. The molecule has 1 aromatic rings. The maximum atomic E-state index is 8.77. The standard InChI is InChI=1S/C4H6BrN3O/c5-4-3(1-6)2-7-8(4)9/h2,9H,1,6H2.